The highest BCUT2D eigenvalue weighted by Crippen LogP contribution is 2.30. The standard InChI is InChI=1S/C16H12ClFN2O2/c1-10(21)20-16(11-5-7-14(18)8-6-11)22-15(19-20)12-3-2-4-13(17)9-12/h2-9,16H,1H3. The first-order chi connectivity index (χ1) is 10.5. The molecule has 0 spiro atoms. The lowest BCUT2D eigenvalue weighted by molar-refractivity contribution is -0.135. The summed E-state index contributed by atoms with van der Waals surface area (Å²) < 4.78 is 18.8. The van der Waals surface area contributed by atoms with Crippen molar-refractivity contribution in [2.75, 3.05) is 0 Å². The molecule has 1 aliphatic rings. The molecule has 112 valence electrons. The number of benzene rings is 2. The van der Waals surface area contributed by atoms with Gasteiger partial charge in [0.2, 0.25) is 18.0 Å². The Labute approximate surface area is 131 Å². The van der Waals surface area contributed by atoms with E-state index >= 15 is 0 Å². The van der Waals surface area contributed by atoms with Crippen LogP contribution >= 0.6 is 11.6 Å². The van der Waals surface area contributed by atoms with Crippen LogP contribution in [0.2, 0.25) is 5.02 Å². The van der Waals surface area contributed by atoms with Gasteiger partial charge in [-0.25, -0.2) is 4.39 Å². The van der Waals surface area contributed by atoms with Crippen LogP contribution in [-0.4, -0.2) is 16.8 Å². The monoisotopic (exact) mass is 318 g/mol. The molecule has 1 amide bonds. The Morgan fingerprint density at radius 2 is 2.00 bits per heavy atom. The van der Waals surface area contributed by atoms with Gasteiger partial charge in [-0.15, -0.1) is 5.10 Å². The zero-order valence-electron chi connectivity index (χ0n) is 11.7. The largest absolute Gasteiger partial charge is 0.446 e. The van der Waals surface area contributed by atoms with Crippen molar-refractivity contribution in [3.63, 3.8) is 0 Å². The summed E-state index contributed by atoms with van der Waals surface area (Å²) in [6.45, 7) is 1.39. The van der Waals surface area contributed by atoms with Gasteiger partial charge in [0, 0.05) is 23.1 Å². The summed E-state index contributed by atoms with van der Waals surface area (Å²) in [7, 11) is 0. The van der Waals surface area contributed by atoms with E-state index in [1.165, 1.54) is 24.1 Å². The Morgan fingerprint density at radius 1 is 1.27 bits per heavy atom. The third-order valence-corrected chi connectivity index (χ3v) is 3.43. The van der Waals surface area contributed by atoms with Crippen molar-refractivity contribution in [1.82, 2.24) is 5.01 Å². The van der Waals surface area contributed by atoms with Crippen LogP contribution in [0.15, 0.2) is 53.6 Å². The molecule has 2 aromatic carbocycles. The van der Waals surface area contributed by atoms with Gasteiger partial charge in [-0.1, -0.05) is 29.8 Å². The molecule has 1 heterocycles. The van der Waals surface area contributed by atoms with Crippen LogP contribution in [0, 0.1) is 5.82 Å². The predicted octanol–water partition coefficient (Wildman–Crippen LogP) is 3.72. The first kappa shape index (κ1) is 14.5. The van der Waals surface area contributed by atoms with Gasteiger partial charge in [-0.05, 0) is 30.3 Å². The fourth-order valence-corrected chi connectivity index (χ4v) is 2.34. The van der Waals surface area contributed by atoms with E-state index in [9.17, 15) is 9.18 Å². The highest BCUT2D eigenvalue weighted by molar-refractivity contribution is 6.31. The number of carbonyl (C=O) groups is 1. The molecular formula is C16H12ClFN2O2. The molecule has 0 saturated carbocycles. The van der Waals surface area contributed by atoms with Gasteiger partial charge in [-0.2, -0.15) is 5.01 Å². The molecule has 2 aromatic rings. The molecule has 0 bridgehead atoms. The average molecular weight is 319 g/mol. The van der Waals surface area contributed by atoms with Crippen molar-refractivity contribution in [3.8, 4) is 0 Å². The SMILES string of the molecule is CC(=O)N1N=C(c2cccc(Cl)c2)OC1c1ccc(F)cc1. The third kappa shape index (κ3) is 2.80. The van der Waals surface area contributed by atoms with Gasteiger partial charge in [0.1, 0.15) is 5.82 Å². The second kappa shape index (κ2) is 5.77. The summed E-state index contributed by atoms with van der Waals surface area (Å²) in [5.74, 6) is -0.328. The number of rotatable bonds is 2. The molecule has 4 nitrogen and oxygen atoms in total. The second-order valence-corrected chi connectivity index (χ2v) is 5.24. The quantitative estimate of drug-likeness (QED) is 0.847. The van der Waals surface area contributed by atoms with E-state index < -0.39 is 6.23 Å². The second-order valence-electron chi connectivity index (χ2n) is 4.80. The highest BCUT2D eigenvalue weighted by Gasteiger charge is 2.33. The zero-order chi connectivity index (χ0) is 15.7. The van der Waals surface area contributed by atoms with Gasteiger partial charge < -0.3 is 4.74 Å². The van der Waals surface area contributed by atoms with Crippen molar-refractivity contribution in [3.05, 3.63) is 70.5 Å². The van der Waals surface area contributed by atoms with Gasteiger partial charge in [-0.3, -0.25) is 4.79 Å². The van der Waals surface area contributed by atoms with Crippen LogP contribution in [0.3, 0.4) is 0 Å². The number of hydrazone groups is 1. The first-order valence-electron chi connectivity index (χ1n) is 6.61. The minimum Gasteiger partial charge on any atom is -0.446 e. The minimum atomic E-state index is -0.716. The molecule has 0 N–H and O–H groups in total. The maximum absolute atomic E-state index is 13.1. The summed E-state index contributed by atoms with van der Waals surface area (Å²) in [6.07, 6.45) is -0.716. The number of ether oxygens (including phenoxy) is 1. The molecule has 0 aliphatic carbocycles. The topological polar surface area (TPSA) is 41.9 Å². The molecule has 0 radical (unpaired) electrons. The number of hydrogen-bond donors (Lipinski definition) is 0. The normalized spacial score (nSPS) is 17.1. The van der Waals surface area contributed by atoms with E-state index in [-0.39, 0.29) is 11.7 Å². The summed E-state index contributed by atoms with van der Waals surface area (Å²) in [4.78, 5) is 11.8. The molecule has 1 unspecified atom stereocenters. The maximum Gasteiger partial charge on any atom is 0.243 e. The Morgan fingerprint density at radius 3 is 2.64 bits per heavy atom. The van der Waals surface area contributed by atoms with Crippen molar-refractivity contribution < 1.29 is 13.9 Å². The van der Waals surface area contributed by atoms with Crippen molar-refractivity contribution in [2.45, 2.75) is 13.2 Å². The number of hydrogen-bond acceptors (Lipinski definition) is 3. The van der Waals surface area contributed by atoms with Gasteiger partial charge in [0.15, 0.2) is 0 Å². The van der Waals surface area contributed by atoms with Crippen molar-refractivity contribution in [1.29, 1.82) is 0 Å². The number of halogens is 2. The number of nitrogens with zero attached hydrogens (tertiary/aromatic N) is 2. The van der Waals surface area contributed by atoms with Crippen LogP contribution in [0.25, 0.3) is 0 Å². The molecule has 0 aromatic heterocycles. The molecule has 0 fully saturated rings. The van der Waals surface area contributed by atoms with Gasteiger partial charge >= 0.3 is 0 Å². The van der Waals surface area contributed by atoms with E-state index in [0.29, 0.717) is 22.0 Å². The van der Waals surface area contributed by atoms with Crippen LogP contribution in [0.4, 0.5) is 4.39 Å². The Bertz CT molecular complexity index is 746. The van der Waals surface area contributed by atoms with Crippen LogP contribution < -0.4 is 0 Å². The molecule has 0 saturated heterocycles. The summed E-state index contributed by atoms with van der Waals surface area (Å²) in [5.41, 5.74) is 1.31. The fourth-order valence-electron chi connectivity index (χ4n) is 2.15. The number of carbonyl (C=O) groups excluding carboxylic acids is 1. The third-order valence-electron chi connectivity index (χ3n) is 3.19. The maximum atomic E-state index is 13.1. The Kier molecular flexibility index (Phi) is 3.81. The highest BCUT2D eigenvalue weighted by atomic mass is 35.5. The van der Waals surface area contributed by atoms with Crippen LogP contribution in [0.1, 0.15) is 24.3 Å². The molecule has 1 atom stereocenters. The summed E-state index contributed by atoms with van der Waals surface area (Å²) in [5, 5.41) is 5.98. The van der Waals surface area contributed by atoms with Crippen molar-refractivity contribution in [2.24, 2.45) is 5.10 Å². The molecule has 3 rings (SSSR count). The molecule has 1 aliphatic heterocycles. The first-order valence-corrected chi connectivity index (χ1v) is 6.99. The van der Waals surface area contributed by atoms with Crippen LogP contribution in [0.5, 0.6) is 0 Å². The Hall–Kier alpha value is -2.40. The molecular weight excluding hydrogens is 307 g/mol. The summed E-state index contributed by atoms with van der Waals surface area (Å²) in [6, 6.07) is 12.7. The van der Waals surface area contributed by atoms with E-state index in [0.717, 1.165) is 0 Å². The average Bonchev–Trinajstić information content (AvgIpc) is 2.93. The Balaban J connectivity index is 1.94. The molecule has 6 heteroatoms. The lowest BCUT2D eigenvalue weighted by Gasteiger charge is -2.19. The van der Waals surface area contributed by atoms with Crippen molar-refractivity contribution >= 4 is 23.4 Å². The van der Waals surface area contributed by atoms with Gasteiger partial charge in [0.25, 0.3) is 0 Å². The minimum absolute atomic E-state index is 0.272. The van der Waals surface area contributed by atoms with Gasteiger partial charge in [0.05, 0.1) is 0 Å². The zero-order valence-corrected chi connectivity index (χ0v) is 12.4. The fraction of sp³-hybridized carbons (Fsp3) is 0.125. The number of amides is 1. The van der Waals surface area contributed by atoms with E-state index in [1.807, 2.05) is 0 Å². The summed E-state index contributed by atoms with van der Waals surface area (Å²) >= 11 is 5.96. The van der Waals surface area contributed by atoms with E-state index in [1.54, 1.807) is 36.4 Å². The van der Waals surface area contributed by atoms with E-state index in [4.69, 9.17) is 16.3 Å². The smallest absolute Gasteiger partial charge is 0.243 e. The molecule has 22 heavy (non-hydrogen) atoms. The lowest BCUT2D eigenvalue weighted by Crippen LogP contribution is -2.25. The lowest BCUT2D eigenvalue weighted by atomic mass is 10.2. The van der Waals surface area contributed by atoms with Crippen LogP contribution in [-0.2, 0) is 9.53 Å². The predicted molar refractivity (Wildman–Crippen MR) is 80.7 cm³/mol. The van der Waals surface area contributed by atoms with E-state index in [2.05, 4.69) is 5.10 Å².